The van der Waals surface area contributed by atoms with Crippen LogP contribution in [0.15, 0.2) is 18.2 Å². The minimum Gasteiger partial charge on any atom is -0.383 e. The predicted octanol–water partition coefficient (Wildman–Crippen LogP) is 1.42. The van der Waals surface area contributed by atoms with E-state index in [1.807, 2.05) is 32.3 Å². The van der Waals surface area contributed by atoms with Gasteiger partial charge in [0.2, 0.25) is 0 Å². The number of fused-ring (bicyclic) bond motifs is 1. The normalized spacial score (nSPS) is 17.4. The standard InChI is InChI=1S/C15H19N3O2/c1-17(2)10-11-4-5-12-13(8-11)14(9-16)18(15(12)19)6-7-20-3/h4-5,8,14H,6-7,10H2,1-3H3. The third kappa shape index (κ3) is 2.67. The van der Waals surface area contributed by atoms with Crippen LogP contribution in [0.3, 0.4) is 0 Å². The summed E-state index contributed by atoms with van der Waals surface area (Å²) in [5.41, 5.74) is 2.55. The summed E-state index contributed by atoms with van der Waals surface area (Å²) in [6.07, 6.45) is 0. The number of nitriles is 1. The van der Waals surface area contributed by atoms with Crippen molar-refractivity contribution >= 4 is 5.91 Å². The van der Waals surface area contributed by atoms with E-state index in [2.05, 4.69) is 11.0 Å². The molecule has 1 amide bonds. The van der Waals surface area contributed by atoms with Gasteiger partial charge in [-0.1, -0.05) is 12.1 Å². The molecular weight excluding hydrogens is 254 g/mol. The van der Waals surface area contributed by atoms with Gasteiger partial charge in [-0.3, -0.25) is 4.79 Å². The zero-order valence-corrected chi connectivity index (χ0v) is 12.1. The fraction of sp³-hybridized carbons (Fsp3) is 0.467. The van der Waals surface area contributed by atoms with Crippen LogP contribution in [0.1, 0.15) is 27.5 Å². The Bertz CT molecular complexity index is 549. The molecule has 2 rings (SSSR count). The van der Waals surface area contributed by atoms with Gasteiger partial charge in [0, 0.05) is 31.3 Å². The van der Waals surface area contributed by atoms with Crippen molar-refractivity contribution in [3.63, 3.8) is 0 Å². The summed E-state index contributed by atoms with van der Waals surface area (Å²) in [4.78, 5) is 15.9. The maximum atomic E-state index is 12.3. The predicted molar refractivity (Wildman–Crippen MR) is 75.1 cm³/mol. The van der Waals surface area contributed by atoms with E-state index in [4.69, 9.17) is 4.74 Å². The van der Waals surface area contributed by atoms with Crippen LogP contribution in [-0.2, 0) is 11.3 Å². The minimum absolute atomic E-state index is 0.0833. The molecule has 0 spiro atoms. The van der Waals surface area contributed by atoms with Crippen LogP contribution in [0.2, 0.25) is 0 Å². The summed E-state index contributed by atoms with van der Waals surface area (Å²) in [5, 5.41) is 9.38. The largest absolute Gasteiger partial charge is 0.383 e. The lowest BCUT2D eigenvalue weighted by molar-refractivity contribution is 0.0693. The van der Waals surface area contributed by atoms with E-state index in [0.29, 0.717) is 18.7 Å². The molecule has 0 saturated carbocycles. The van der Waals surface area contributed by atoms with Gasteiger partial charge in [-0.2, -0.15) is 5.26 Å². The average molecular weight is 273 g/mol. The first-order chi connectivity index (χ1) is 9.58. The number of hydrogen-bond acceptors (Lipinski definition) is 4. The van der Waals surface area contributed by atoms with Crippen LogP contribution in [0.4, 0.5) is 0 Å². The van der Waals surface area contributed by atoms with Crippen molar-refractivity contribution in [3.8, 4) is 6.07 Å². The van der Waals surface area contributed by atoms with Gasteiger partial charge in [0.1, 0.15) is 6.04 Å². The van der Waals surface area contributed by atoms with Gasteiger partial charge in [-0.25, -0.2) is 0 Å². The van der Waals surface area contributed by atoms with Crippen LogP contribution in [-0.4, -0.2) is 50.1 Å². The van der Waals surface area contributed by atoms with Crippen LogP contribution >= 0.6 is 0 Å². The Morgan fingerprint density at radius 2 is 2.20 bits per heavy atom. The van der Waals surface area contributed by atoms with E-state index in [1.165, 1.54) is 0 Å². The van der Waals surface area contributed by atoms with Gasteiger partial charge in [0.05, 0.1) is 12.7 Å². The summed E-state index contributed by atoms with van der Waals surface area (Å²) < 4.78 is 5.01. The van der Waals surface area contributed by atoms with Crippen LogP contribution in [0, 0.1) is 11.3 Å². The first-order valence-corrected chi connectivity index (χ1v) is 6.55. The molecule has 1 aromatic carbocycles. The Balaban J connectivity index is 2.32. The molecule has 1 aromatic rings. The molecule has 106 valence electrons. The number of carbonyl (C=O) groups is 1. The Labute approximate surface area is 119 Å². The number of amides is 1. The van der Waals surface area contributed by atoms with Crippen LogP contribution in [0.5, 0.6) is 0 Å². The number of benzene rings is 1. The molecule has 1 unspecified atom stereocenters. The van der Waals surface area contributed by atoms with Crippen molar-refractivity contribution in [1.29, 1.82) is 5.26 Å². The molecule has 0 aromatic heterocycles. The topological polar surface area (TPSA) is 56.6 Å². The molecule has 1 aliphatic heterocycles. The van der Waals surface area contributed by atoms with E-state index in [9.17, 15) is 10.1 Å². The Morgan fingerprint density at radius 3 is 2.80 bits per heavy atom. The molecule has 1 aliphatic rings. The zero-order valence-electron chi connectivity index (χ0n) is 12.1. The van der Waals surface area contributed by atoms with Gasteiger partial charge in [0.25, 0.3) is 5.91 Å². The zero-order chi connectivity index (χ0) is 14.7. The molecule has 5 nitrogen and oxygen atoms in total. The second-order valence-electron chi connectivity index (χ2n) is 5.18. The van der Waals surface area contributed by atoms with Crippen molar-refractivity contribution in [2.45, 2.75) is 12.6 Å². The quantitative estimate of drug-likeness (QED) is 0.814. The highest BCUT2D eigenvalue weighted by molar-refractivity contribution is 5.99. The molecule has 0 bridgehead atoms. The maximum absolute atomic E-state index is 12.3. The molecule has 0 saturated heterocycles. The molecule has 20 heavy (non-hydrogen) atoms. The van der Waals surface area contributed by atoms with Crippen LogP contribution in [0.25, 0.3) is 0 Å². The van der Waals surface area contributed by atoms with Crippen molar-refractivity contribution in [2.75, 3.05) is 34.4 Å². The van der Waals surface area contributed by atoms with Gasteiger partial charge in [-0.15, -0.1) is 0 Å². The lowest BCUT2D eigenvalue weighted by atomic mass is 10.0. The third-order valence-electron chi connectivity index (χ3n) is 3.37. The second-order valence-corrected chi connectivity index (χ2v) is 5.18. The van der Waals surface area contributed by atoms with E-state index < -0.39 is 6.04 Å². The smallest absolute Gasteiger partial charge is 0.255 e. The SMILES string of the molecule is COCCN1C(=O)c2ccc(CN(C)C)cc2C1C#N. The maximum Gasteiger partial charge on any atom is 0.255 e. The molecule has 0 N–H and O–H groups in total. The number of methoxy groups -OCH3 is 1. The lowest BCUT2D eigenvalue weighted by Crippen LogP contribution is -2.30. The molecule has 1 heterocycles. The van der Waals surface area contributed by atoms with Crippen molar-refractivity contribution < 1.29 is 9.53 Å². The third-order valence-corrected chi connectivity index (χ3v) is 3.37. The fourth-order valence-electron chi connectivity index (χ4n) is 2.50. The number of nitrogens with zero attached hydrogens (tertiary/aromatic N) is 3. The summed E-state index contributed by atoms with van der Waals surface area (Å²) in [6, 6.07) is 7.46. The number of ether oxygens (including phenoxy) is 1. The lowest BCUT2D eigenvalue weighted by Gasteiger charge is -2.19. The number of carbonyl (C=O) groups excluding carboxylic acids is 1. The first kappa shape index (κ1) is 14.5. The van der Waals surface area contributed by atoms with E-state index in [0.717, 1.165) is 17.7 Å². The Morgan fingerprint density at radius 1 is 1.45 bits per heavy atom. The van der Waals surface area contributed by atoms with Gasteiger partial charge in [-0.05, 0) is 25.7 Å². The second kappa shape index (κ2) is 6.04. The molecule has 0 aliphatic carbocycles. The Kier molecular flexibility index (Phi) is 4.38. The number of rotatable bonds is 5. The summed E-state index contributed by atoms with van der Waals surface area (Å²) >= 11 is 0. The summed E-state index contributed by atoms with van der Waals surface area (Å²) in [7, 11) is 5.57. The van der Waals surface area contributed by atoms with E-state index >= 15 is 0 Å². The molecular formula is C15H19N3O2. The van der Waals surface area contributed by atoms with Crippen molar-refractivity contribution in [3.05, 3.63) is 34.9 Å². The fourth-order valence-corrected chi connectivity index (χ4v) is 2.50. The van der Waals surface area contributed by atoms with Crippen LogP contribution < -0.4 is 0 Å². The van der Waals surface area contributed by atoms with Crippen molar-refractivity contribution in [1.82, 2.24) is 9.80 Å². The monoisotopic (exact) mass is 273 g/mol. The number of hydrogen-bond donors (Lipinski definition) is 0. The van der Waals surface area contributed by atoms with Gasteiger partial charge >= 0.3 is 0 Å². The van der Waals surface area contributed by atoms with Gasteiger partial charge in [0.15, 0.2) is 0 Å². The van der Waals surface area contributed by atoms with E-state index in [-0.39, 0.29) is 5.91 Å². The average Bonchev–Trinajstić information content (AvgIpc) is 2.67. The highest BCUT2D eigenvalue weighted by Crippen LogP contribution is 2.33. The molecule has 5 heteroatoms. The minimum atomic E-state index is -0.505. The summed E-state index contributed by atoms with van der Waals surface area (Å²) in [6.45, 7) is 1.66. The first-order valence-electron chi connectivity index (χ1n) is 6.55. The highest BCUT2D eigenvalue weighted by atomic mass is 16.5. The molecule has 0 fully saturated rings. The highest BCUT2D eigenvalue weighted by Gasteiger charge is 2.36. The molecule has 1 atom stereocenters. The van der Waals surface area contributed by atoms with E-state index in [1.54, 1.807) is 12.0 Å². The molecule has 0 radical (unpaired) electrons. The Hall–Kier alpha value is -1.90. The van der Waals surface area contributed by atoms with Gasteiger partial charge < -0.3 is 14.5 Å². The van der Waals surface area contributed by atoms with Crippen molar-refractivity contribution in [2.24, 2.45) is 0 Å². The summed E-state index contributed by atoms with van der Waals surface area (Å²) in [5.74, 6) is -0.0833.